The molecule has 0 saturated heterocycles. The molecule has 0 aromatic carbocycles. The van der Waals surface area contributed by atoms with Crippen LogP contribution >= 0.6 is 0 Å². The van der Waals surface area contributed by atoms with Gasteiger partial charge in [-0.3, -0.25) is 4.79 Å². The number of hydrogen-bond donors (Lipinski definition) is 1. The van der Waals surface area contributed by atoms with Crippen LogP contribution in [-0.2, 0) is 9.53 Å². The molecule has 24 heavy (non-hydrogen) atoms. The zero-order valence-corrected chi connectivity index (χ0v) is 15.7. The molecule has 0 spiro atoms. The van der Waals surface area contributed by atoms with Crippen molar-refractivity contribution in [1.82, 2.24) is 0 Å². The summed E-state index contributed by atoms with van der Waals surface area (Å²) >= 11 is 0. The Labute approximate surface area is 146 Å². The van der Waals surface area contributed by atoms with Crippen LogP contribution in [0.2, 0.25) is 0 Å². The number of rotatable bonds is 3. The Balaban J connectivity index is 2.10. The molecule has 0 radical (unpaired) electrons. The molecule has 0 unspecified atom stereocenters. The topological polar surface area (TPSA) is 46.5 Å². The van der Waals surface area contributed by atoms with E-state index in [2.05, 4.69) is 26.5 Å². The van der Waals surface area contributed by atoms with Crippen molar-refractivity contribution < 1.29 is 14.6 Å². The number of aliphatic carboxylic acids is 1. The molecular weight excluding hydrogens is 300 g/mol. The summed E-state index contributed by atoms with van der Waals surface area (Å²) in [6, 6.07) is 0. The maximum Gasteiger partial charge on any atom is 0.309 e. The first-order chi connectivity index (χ1) is 11.2. The van der Waals surface area contributed by atoms with E-state index in [9.17, 15) is 9.90 Å². The van der Waals surface area contributed by atoms with E-state index in [1.165, 1.54) is 11.1 Å². The third-order valence-electron chi connectivity index (χ3n) is 7.65. The van der Waals surface area contributed by atoms with Gasteiger partial charge in [0, 0.05) is 7.11 Å². The normalized spacial score (nSPS) is 45.3. The van der Waals surface area contributed by atoms with Crippen molar-refractivity contribution in [2.75, 3.05) is 7.11 Å². The Morgan fingerprint density at radius 2 is 2.00 bits per heavy atom. The van der Waals surface area contributed by atoms with Gasteiger partial charge in [0.15, 0.2) is 0 Å². The Kier molecular flexibility index (Phi) is 4.23. The molecule has 3 aliphatic rings. The van der Waals surface area contributed by atoms with Crippen LogP contribution in [0.5, 0.6) is 0 Å². The van der Waals surface area contributed by atoms with E-state index in [-0.39, 0.29) is 22.9 Å². The fraction of sp³-hybridized carbons (Fsp3) is 0.762. The molecule has 1 N–H and O–H groups in total. The van der Waals surface area contributed by atoms with E-state index in [0.717, 1.165) is 44.9 Å². The summed E-state index contributed by atoms with van der Waals surface area (Å²) in [5, 5.41) is 9.96. The summed E-state index contributed by atoms with van der Waals surface area (Å²) in [5.74, 6) is -0.475. The van der Waals surface area contributed by atoms with Gasteiger partial charge in [0.05, 0.1) is 11.5 Å². The molecule has 0 aromatic rings. The van der Waals surface area contributed by atoms with Crippen LogP contribution in [0, 0.1) is 22.2 Å². The van der Waals surface area contributed by atoms with Gasteiger partial charge in [-0.15, -0.1) is 6.58 Å². The monoisotopic (exact) mass is 332 g/mol. The third-order valence-corrected chi connectivity index (χ3v) is 7.65. The Bertz CT molecular complexity index is 592. The highest BCUT2D eigenvalue weighted by atomic mass is 16.5. The highest BCUT2D eigenvalue weighted by Crippen LogP contribution is 2.63. The minimum absolute atomic E-state index is 0.0122. The van der Waals surface area contributed by atoms with Gasteiger partial charge in [0.25, 0.3) is 0 Å². The average Bonchev–Trinajstić information content (AvgIpc) is 2.54. The van der Waals surface area contributed by atoms with E-state index in [1.807, 2.05) is 6.92 Å². The predicted octanol–water partition coefficient (Wildman–Crippen LogP) is 4.98. The van der Waals surface area contributed by atoms with E-state index in [1.54, 1.807) is 7.11 Å². The minimum Gasteiger partial charge on any atom is -0.481 e. The molecular formula is C21H32O3. The zero-order chi connectivity index (χ0) is 17.8. The molecule has 1 saturated carbocycles. The van der Waals surface area contributed by atoms with Crippen LogP contribution in [0.15, 0.2) is 23.8 Å². The molecule has 3 nitrogen and oxygen atoms in total. The maximum absolute atomic E-state index is 12.1. The Morgan fingerprint density at radius 3 is 2.58 bits per heavy atom. The largest absolute Gasteiger partial charge is 0.481 e. The van der Waals surface area contributed by atoms with Crippen LogP contribution in [0.1, 0.15) is 65.7 Å². The van der Waals surface area contributed by atoms with Gasteiger partial charge in [-0.05, 0) is 67.8 Å². The number of carboxylic acid groups (broad SMARTS) is 1. The van der Waals surface area contributed by atoms with Gasteiger partial charge in [-0.2, -0.15) is 0 Å². The lowest BCUT2D eigenvalue weighted by Gasteiger charge is -2.57. The summed E-state index contributed by atoms with van der Waals surface area (Å²) in [4.78, 5) is 12.1. The molecule has 5 atom stereocenters. The average molecular weight is 332 g/mol. The molecule has 0 amide bonds. The van der Waals surface area contributed by atoms with Crippen molar-refractivity contribution in [2.24, 2.45) is 22.2 Å². The second-order valence-corrected chi connectivity index (χ2v) is 9.04. The molecule has 134 valence electrons. The summed E-state index contributed by atoms with van der Waals surface area (Å²) in [7, 11) is 1.78. The van der Waals surface area contributed by atoms with Crippen molar-refractivity contribution in [3.05, 3.63) is 23.8 Å². The fourth-order valence-electron chi connectivity index (χ4n) is 5.94. The van der Waals surface area contributed by atoms with E-state index >= 15 is 0 Å². The van der Waals surface area contributed by atoms with Gasteiger partial charge >= 0.3 is 5.97 Å². The molecule has 1 fully saturated rings. The van der Waals surface area contributed by atoms with Gasteiger partial charge in [-0.1, -0.05) is 31.9 Å². The number of allylic oxidation sites excluding steroid dienone is 2. The van der Waals surface area contributed by atoms with Gasteiger partial charge in [0.2, 0.25) is 0 Å². The van der Waals surface area contributed by atoms with Crippen LogP contribution in [-0.4, -0.2) is 24.3 Å². The quantitative estimate of drug-likeness (QED) is 0.742. The van der Waals surface area contributed by atoms with Gasteiger partial charge < -0.3 is 9.84 Å². The maximum atomic E-state index is 12.1. The molecule has 0 aromatic heterocycles. The number of carbonyl (C=O) groups is 1. The number of carboxylic acids is 1. The molecule has 3 aliphatic carbocycles. The fourth-order valence-corrected chi connectivity index (χ4v) is 5.94. The summed E-state index contributed by atoms with van der Waals surface area (Å²) in [6.07, 6.45) is 9.07. The molecule has 0 heterocycles. The van der Waals surface area contributed by atoms with Crippen LogP contribution in [0.25, 0.3) is 0 Å². The molecule has 0 aliphatic heterocycles. The SMILES string of the molecule is C=C[C@@]1(C)CCC2=C(C1)[C@H](OC)C[C@H]1[C@](C)(C(=O)O)CCC[C@]21C. The molecule has 3 heteroatoms. The van der Waals surface area contributed by atoms with Crippen molar-refractivity contribution in [2.45, 2.75) is 71.8 Å². The van der Waals surface area contributed by atoms with E-state index in [4.69, 9.17) is 4.74 Å². The van der Waals surface area contributed by atoms with Crippen LogP contribution < -0.4 is 0 Å². The summed E-state index contributed by atoms with van der Waals surface area (Å²) in [5.41, 5.74) is 2.47. The highest BCUT2D eigenvalue weighted by molar-refractivity contribution is 5.75. The van der Waals surface area contributed by atoms with Crippen molar-refractivity contribution in [1.29, 1.82) is 0 Å². The third kappa shape index (κ3) is 2.39. The lowest BCUT2D eigenvalue weighted by atomic mass is 9.47. The lowest BCUT2D eigenvalue weighted by Crippen LogP contribution is -2.54. The smallest absolute Gasteiger partial charge is 0.309 e. The van der Waals surface area contributed by atoms with Crippen LogP contribution in [0.4, 0.5) is 0 Å². The standard InChI is InChI=1S/C21H32O3/c1-6-19(2)11-8-15-14(13-19)16(24-5)12-17-20(15,3)9-7-10-21(17,4)18(22)23/h6,16-17H,1,7-13H2,2-5H3,(H,22,23)/t16-,17-,19+,20-,21-/m1/s1. The predicted molar refractivity (Wildman–Crippen MR) is 95.8 cm³/mol. The second-order valence-electron chi connectivity index (χ2n) is 9.04. The number of ether oxygens (including phenoxy) is 1. The Morgan fingerprint density at radius 1 is 1.29 bits per heavy atom. The van der Waals surface area contributed by atoms with Crippen molar-refractivity contribution in [3.8, 4) is 0 Å². The number of fused-ring (bicyclic) bond motifs is 2. The molecule has 0 bridgehead atoms. The number of hydrogen-bond acceptors (Lipinski definition) is 2. The zero-order valence-electron chi connectivity index (χ0n) is 15.7. The Hall–Kier alpha value is -1.09. The first-order valence-electron chi connectivity index (χ1n) is 9.32. The van der Waals surface area contributed by atoms with Crippen molar-refractivity contribution in [3.63, 3.8) is 0 Å². The first-order valence-corrected chi connectivity index (χ1v) is 9.32. The summed E-state index contributed by atoms with van der Waals surface area (Å²) in [6.45, 7) is 10.6. The summed E-state index contributed by atoms with van der Waals surface area (Å²) < 4.78 is 5.88. The first kappa shape index (κ1) is 17.7. The van der Waals surface area contributed by atoms with Gasteiger partial charge in [-0.25, -0.2) is 0 Å². The van der Waals surface area contributed by atoms with Crippen LogP contribution in [0.3, 0.4) is 0 Å². The molecule has 3 rings (SSSR count). The second kappa shape index (κ2) is 5.72. The lowest BCUT2D eigenvalue weighted by molar-refractivity contribution is -0.161. The van der Waals surface area contributed by atoms with Gasteiger partial charge in [0.1, 0.15) is 0 Å². The minimum atomic E-state index is -0.637. The van der Waals surface area contributed by atoms with E-state index < -0.39 is 11.4 Å². The van der Waals surface area contributed by atoms with Crippen molar-refractivity contribution >= 4 is 5.97 Å². The highest BCUT2D eigenvalue weighted by Gasteiger charge is 2.58. The van der Waals surface area contributed by atoms with E-state index in [0.29, 0.717) is 0 Å². The number of methoxy groups -OCH3 is 1.